The average molecular weight is 378 g/mol. The molecule has 1 heterocycles. The molecule has 0 radical (unpaired) electrons. The summed E-state index contributed by atoms with van der Waals surface area (Å²) < 4.78 is 0. The highest BCUT2D eigenvalue weighted by Gasteiger charge is 2.27. The van der Waals surface area contributed by atoms with Crippen molar-refractivity contribution in [2.24, 2.45) is 0 Å². The zero-order valence-corrected chi connectivity index (χ0v) is 16.1. The maximum absolute atomic E-state index is 12.8. The van der Waals surface area contributed by atoms with Gasteiger partial charge in [0.15, 0.2) is 0 Å². The van der Waals surface area contributed by atoms with E-state index >= 15 is 0 Å². The van der Waals surface area contributed by atoms with Crippen molar-refractivity contribution in [3.05, 3.63) is 48.0 Å². The number of carbonyl (C=O) groups is 1. The number of nitrogen functional groups attached to an aromatic ring is 1. The summed E-state index contributed by atoms with van der Waals surface area (Å²) in [6.45, 7) is 2.82. The van der Waals surface area contributed by atoms with Gasteiger partial charge in [-0.05, 0) is 55.9 Å². The number of amides is 1. The van der Waals surface area contributed by atoms with Gasteiger partial charge in [0.05, 0.1) is 5.69 Å². The van der Waals surface area contributed by atoms with Gasteiger partial charge in [-0.1, -0.05) is 18.2 Å². The van der Waals surface area contributed by atoms with Crippen LogP contribution >= 0.6 is 24.2 Å². The fraction of sp³-hybridized carbons (Fsp3) is 0.316. The molecule has 2 aromatic rings. The molecule has 0 bridgehead atoms. The minimum absolute atomic E-state index is 0. The first-order chi connectivity index (χ1) is 11.6. The van der Waals surface area contributed by atoms with Crippen LogP contribution in [-0.4, -0.2) is 24.7 Å². The largest absolute Gasteiger partial charge is 0.398 e. The van der Waals surface area contributed by atoms with Gasteiger partial charge in [-0.25, -0.2) is 0 Å². The second-order valence-electron chi connectivity index (χ2n) is 6.01. The number of thioether (sulfide) groups is 1. The molecule has 6 heteroatoms. The van der Waals surface area contributed by atoms with E-state index in [1.54, 1.807) is 11.8 Å². The van der Waals surface area contributed by atoms with Crippen molar-refractivity contribution in [2.45, 2.75) is 30.7 Å². The number of anilines is 3. The number of nitrogens with zero attached hydrogens (tertiary/aromatic N) is 1. The molecular formula is C19H24ClN3OS. The van der Waals surface area contributed by atoms with Crippen molar-refractivity contribution in [3.63, 3.8) is 0 Å². The smallest absolute Gasteiger partial charge is 0.246 e. The standard InChI is InChI=1S/C19H23N3OS.ClH/c1-13(19(23)21-16-9-3-4-11-18(16)24-2)22-12-6-7-14-15(20)8-5-10-17(14)22;/h3-5,8-11,13H,6-7,12,20H2,1-2H3,(H,21,23);1H. The monoisotopic (exact) mass is 377 g/mol. The molecule has 25 heavy (non-hydrogen) atoms. The van der Waals surface area contributed by atoms with Gasteiger partial charge in [0.2, 0.25) is 5.91 Å². The first-order valence-electron chi connectivity index (χ1n) is 8.19. The number of halogens is 1. The number of nitrogens with one attached hydrogen (secondary N) is 1. The summed E-state index contributed by atoms with van der Waals surface area (Å²) in [5.41, 5.74) is 10.0. The number of nitrogens with two attached hydrogens (primary N) is 1. The molecule has 4 nitrogen and oxygen atoms in total. The Morgan fingerprint density at radius 1 is 1.24 bits per heavy atom. The van der Waals surface area contributed by atoms with E-state index in [0.717, 1.165) is 46.9 Å². The van der Waals surface area contributed by atoms with Crippen molar-refractivity contribution >= 4 is 47.1 Å². The van der Waals surface area contributed by atoms with Crippen LogP contribution in [-0.2, 0) is 11.2 Å². The first kappa shape index (κ1) is 19.5. The van der Waals surface area contributed by atoms with Crippen LogP contribution in [0.4, 0.5) is 17.1 Å². The zero-order chi connectivity index (χ0) is 17.1. The first-order valence-corrected chi connectivity index (χ1v) is 9.42. The average Bonchev–Trinajstić information content (AvgIpc) is 2.61. The highest BCUT2D eigenvalue weighted by molar-refractivity contribution is 7.98. The van der Waals surface area contributed by atoms with E-state index < -0.39 is 0 Å². The number of hydrogen-bond donors (Lipinski definition) is 2. The highest BCUT2D eigenvalue weighted by atomic mass is 35.5. The summed E-state index contributed by atoms with van der Waals surface area (Å²) in [5, 5.41) is 3.07. The van der Waals surface area contributed by atoms with E-state index in [4.69, 9.17) is 5.73 Å². The van der Waals surface area contributed by atoms with E-state index in [0.29, 0.717) is 0 Å². The third-order valence-corrected chi connectivity index (χ3v) is 5.33. The Labute approximate surface area is 159 Å². The van der Waals surface area contributed by atoms with E-state index in [9.17, 15) is 4.79 Å². The molecule has 1 atom stereocenters. The molecule has 1 unspecified atom stereocenters. The van der Waals surface area contributed by atoms with Crippen molar-refractivity contribution in [3.8, 4) is 0 Å². The number of para-hydroxylation sites is 1. The van der Waals surface area contributed by atoms with E-state index in [2.05, 4.69) is 16.3 Å². The van der Waals surface area contributed by atoms with Crippen LogP contribution in [0.3, 0.4) is 0 Å². The van der Waals surface area contributed by atoms with Crippen molar-refractivity contribution in [1.82, 2.24) is 0 Å². The number of rotatable bonds is 4. The lowest BCUT2D eigenvalue weighted by molar-refractivity contribution is -0.117. The minimum Gasteiger partial charge on any atom is -0.398 e. The molecule has 1 aliphatic rings. The third kappa shape index (κ3) is 4.05. The molecule has 0 aliphatic carbocycles. The number of hydrogen-bond acceptors (Lipinski definition) is 4. The highest BCUT2D eigenvalue weighted by Crippen LogP contribution is 2.33. The molecule has 1 aliphatic heterocycles. The van der Waals surface area contributed by atoms with Crippen LogP contribution in [0.25, 0.3) is 0 Å². The number of carbonyl (C=O) groups excluding carboxylic acids is 1. The summed E-state index contributed by atoms with van der Waals surface area (Å²) in [4.78, 5) is 16.0. The van der Waals surface area contributed by atoms with Gasteiger partial charge >= 0.3 is 0 Å². The molecular weight excluding hydrogens is 354 g/mol. The molecule has 0 fully saturated rings. The lowest BCUT2D eigenvalue weighted by Gasteiger charge is -2.36. The van der Waals surface area contributed by atoms with Gasteiger partial charge in [-0.2, -0.15) is 0 Å². The van der Waals surface area contributed by atoms with Gasteiger partial charge in [-0.3, -0.25) is 4.79 Å². The van der Waals surface area contributed by atoms with Crippen LogP contribution in [0.15, 0.2) is 47.4 Å². The van der Waals surface area contributed by atoms with Gasteiger partial charge in [0.1, 0.15) is 6.04 Å². The van der Waals surface area contributed by atoms with Crippen LogP contribution in [0.5, 0.6) is 0 Å². The molecule has 134 valence electrons. The summed E-state index contributed by atoms with van der Waals surface area (Å²) in [5.74, 6) is 0.00627. The Kier molecular flexibility index (Phi) is 6.62. The van der Waals surface area contributed by atoms with Gasteiger partial charge in [0, 0.05) is 22.8 Å². The van der Waals surface area contributed by atoms with E-state index in [1.165, 1.54) is 0 Å². The summed E-state index contributed by atoms with van der Waals surface area (Å²) in [6.07, 6.45) is 4.00. The van der Waals surface area contributed by atoms with Gasteiger partial charge in [-0.15, -0.1) is 24.2 Å². The maximum Gasteiger partial charge on any atom is 0.246 e. The van der Waals surface area contributed by atoms with E-state index in [1.807, 2.05) is 49.6 Å². The summed E-state index contributed by atoms with van der Waals surface area (Å²) in [7, 11) is 0. The Morgan fingerprint density at radius 2 is 2.00 bits per heavy atom. The summed E-state index contributed by atoms with van der Waals surface area (Å²) in [6, 6.07) is 13.6. The molecule has 0 saturated heterocycles. The summed E-state index contributed by atoms with van der Waals surface area (Å²) >= 11 is 1.63. The predicted molar refractivity (Wildman–Crippen MR) is 110 cm³/mol. The predicted octanol–water partition coefficient (Wildman–Crippen LogP) is 4.19. The fourth-order valence-corrected chi connectivity index (χ4v) is 3.76. The van der Waals surface area contributed by atoms with Crippen LogP contribution < -0.4 is 16.0 Å². The third-order valence-electron chi connectivity index (χ3n) is 4.53. The van der Waals surface area contributed by atoms with Crippen LogP contribution in [0, 0.1) is 0 Å². The van der Waals surface area contributed by atoms with Crippen LogP contribution in [0.1, 0.15) is 18.9 Å². The van der Waals surface area contributed by atoms with Crippen LogP contribution in [0.2, 0.25) is 0 Å². The molecule has 0 saturated carbocycles. The van der Waals surface area contributed by atoms with Gasteiger partial charge < -0.3 is 16.0 Å². The molecule has 3 N–H and O–H groups in total. The van der Waals surface area contributed by atoms with Crippen molar-refractivity contribution < 1.29 is 4.79 Å². The molecule has 1 amide bonds. The van der Waals surface area contributed by atoms with Gasteiger partial charge in [0.25, 0.3) is 0 Å². The Bertz CT molecular complexity index is 753. The molecule has 0 aromatic heterocycles. The zero-order valence-electron chi connectivity index (χ0n) is 14.5. The Balaban J connectivity index is 0.00000225. The van der Waals surface area contributed by atoms with E-state index in [-0.39, 0.29) is 24.4 Å². The second kappa shape index (κ2) is 8.50. The Hall–Kier alpha value is -1.85. The van der Waals surface area contributed by atoms with Crippen molar-refractivity contribution in [2.75, 3.05) is 28.8 Å². The second-order valence-corrected chi connectivity index (χ2v) is 6.86. The quantitative estimate of drug-likeness (QED) is 0.619. The molecule has 2 aromatic carbocycles. The lowest BCUT2D eigenvalue weighted by atomic mass is 9.98. The molecule has 0 spiro atoms. The topological polar surface area (TPSA) is 58.4 Å². The normalized spacial score (nSPS) is 14.2. The number of benzene rings is 2. The SMILES string of the molecule is CSc1ccccc1NC(=O)C(C)N1CCCc2c(N)cccc21.Cl. The number of fused-ring (bicyclic) bond motifs is 1. The van der Waals surface area contributed by atoms with Crippen molar-refractivity contribution in [1.29, 1.82) is 0 Å². The molecule has 3 rings (SSSR count). The lowest BCUT2D eigenvalue weighted by Crippen LogP contribution is -2.44. The maximum atomic E-state index is 12.8. The minimum atomic E-state index is -0.249. The Morgan fingerprint density at radius 3 is 2.76 bits per heavy atom. The fourth-order valence-electron chi connectivity index (χ4n) is 3.21.